The molecular formula is C25H25N5O2. The van der Waals surface area contributed by atoms with Gasteiger partial charge in [0.25, 0.3) is 5.91 Å². The predicted octanol–water partition coefficient (Wildman–Crippen LogP) is 3.02. The fourth-order valence-electron chi connectivity index (χ4n) is 3.65. The summed E-state index contributed by atoms with van der Waals surface area (Å²) in [7, 11) is 0. The number of aromatic nitrogens is 2. The van der Waals surface area contributed by atoms with Crippen molar-refractivity contribution in [3.8, 4) is 17.3 Å². The van der Waals surface area contributed by atoms with Gasteiger partial charge in [0.1, 0.15) is 12.4 Å². The molecule has 4 rings (SSSR count). The number of amides is 1. The van der Waals surface area contributed by atoms with Crippen LogP contribution in [0.5, 0.6) is 0 Å². The summed E-state index contributed by atoms with van der Waals surface area (Å²) in [6.45, 7) is 3.43. The number of morpholine rings is 1. The van der Waals surface area contributed by atoms with E-state index in [1.165, 1.54) is 11.3 Å². The number of carbonyl (C=O) groups is 1. The second-order valence-electron chi connectivity index (χ2n) is 7.54. The Labute approximate surface area is 187 Å². The van der Waals surface area contributed by atoms with Crippen molar-refractivity contribution in [3.63, 3.8) is 0 Å². The highest BCUT2D eigenvalue weighted by Crippen LogP contribution is 2.19. The van der Waals surface area contributed by atoms with Crippen LogP contribution >= 0.6 is 0 Å². The molecule has 0 unspecified atom stereocenters. The first kappa shape index (κ1) is 21.5. The number of carbonyl (C=O) groups excluding carboxylic acids is 1. The molecular weight excluding hydrogens is 402 g/mol. The zero-order chi connectivity index (χ0) is 22.2. The number of ether oxygens (including phenoxy) is 1. The van der Waals surface area contributed by atoms with Gasteiger partial charge in [0.15, 0.2) is 0 Å². The van der Waals surface area contributed by atoms with Gasteiger partial charge in [0, 0.05) is 42.5 Å². The topological polar surface area (TPSA) is 91.1 Å². The summed E-state index contributed by atoms with van der Waals surface area (Å²) in [5, 5.41) is 11.1. The van der Waals surface area contributed by atoms with Crippen LogP contribution in [0.15, 0.2) is 60.8 Å². The fraction of sp³-hybridized carbons (Fsp3) is 0.280. The Morgan fingerprint density at radius 3 is 2.50 bits per heavy atom. The van der Waals surface area contributed by atoms with Crippen molar-refractivity contribution in [2.24, 2.45) is 0 Å². The van der Waals surface area contributed by atoms with Crippen LogP contribution in [-0.4, -0.2) is 48.7 Å². The van der Waals surface area contributed by atoms with Crippen LogP contribution in [0.1, 0.15) is 21.7 Å². The normalized spacial score (nSPS) is 13.4. The molecule has 0 aliphatic carbocycles. The number of hydrogen-bond acceptors (Lipinski definition) is 6. The Balaban J connectivity index is 1.37. The molecule has 162 valence electrons. The van der Waals surface area contributed by atoms with Crippen LogP contribution in [0.2, 0.25) is 0 Å². The van der Waals surface area contributed by atoms with Crippen LogP contribution in [-0.2, 0) is 17.6 Å². The Bertz CT molecular complexity index is 1080. The maximum atomic E-state index is 11.9. The van der Waals surface area contributed by atoms with Crippen LogP contribution in [0.25, 0.3) is 11.3 Å². The summed E-state index contributed by atoms with van der Waals surface area (Å²) in [6.07, 6.45) is 3.39. The molecule has 7 nitrogen and oxygen atoms in total. The van der Waals surface area contributed by atoms with E-state index in [1.54, 1.807) is 18.3 Å². The average molecular weight is 428 g/mol. The maximum absolute atomic E-state index is 11.9. The first-order valence-electron chi connectivity index (χ1n) is 10.7. The van der Waals surface area contributed by atoms with E-state index in [1.807, 2.05) is 24.3 Å². The molecule has 0 bridgehead atoms. The SMILES string of the molecule is N#CCNC(=O)c1ccc(-c2ccnc(CCc3ccc(N4CCOCC4)cc3)n2)cc1. The first-order valence-corrected chi connectivity index (χ1v) is 10.7. The van der Waals surface area contributed by atoms with Crippen molar-refractivity contribution in [2.75, 3.05) is 37.7 Å². The third kappa shape index (κ3) is 5.48. The largest absolute Gasteiger partial charge is 0.378 e. The zero-order valence-electron chi connectivity index (χ0n) is 17.8. The molecule has 0 radical (unpaired) electrons. The van der Waals surface area contributed by atoms with Gasteiger partial charge in [-0.15, -0.1) is 0 Å². The minimum absolute atomic E-state index is 0.00814. The third-order valence-electron chi connectivity index (χ3n) is 5.43. The van der Waals surface area contributed by atoms with E-state index < -0.39 is 0 Å². The molecule has 1 amide bonds. The minimum Gasteiger partial charge on any atom is -0.378 e. The average Bonchev–Trinajstić information content (AvgIpc) is 2.87. The lowest BCUT2D eigenvalue weighted by atomic mass is 10.1. The van der Waals surface area contributed by atoms with Crippen LogP contribution in [0, 0.1) is 11.3 Å². The highest BCUT2D eigenvalue weighted by molar-refractivity contribution is 5.94. The first-order chi connectivity index (χ1) is 15.7. The second kappa shape index (κ2) is 10.5. The van der Waals surface area contributed by atoms with Gasteiger partial charge < -0.3 is 15.0 Å². The molecule has 1 aromatic heterocycles. The molecule has 7 heteroatoms. The number of nitrogens with zero attached hydrogens (tertiary/aromatic N) is 4. The number of hydrogen-bond donors (Lipinski definition) is 1. The molecule has 0 saturated carbocycles. The van der Waals surface area contributed by atoms with Crippen molar-refractivity contribution >= 4 is 11.6 Å². The number of benzene rings is 2. The molecule has 0 spiro atoms. The lowest BCUT2D eigenvalue weighted by Gasteiger charge is -2.28. The third-order valence-corrected chi connectivity index (χ3v) is 5.43. The van der Waals surface area contributed by atoms with Crippen LogP contribution in [0.4, 0.5) is 5.69 Å². The van der Waals surface area contributed by atoms with Crippen molar-refractivity contribution in [2.45, 2.75) is 12.8 Å². The van der Waals surface area contributed by atoms with Gasteiger partial charge in [0.05, 0.1) is 25.0 Å². The van der Waals surface area contributed by atoms with E-state index in [2.05, 4.69) is 39.5 Å². The molecule has 1 N–H and O–H groups in total. The predicted molar refractivity (Wildman–Crippen MR) is 122 cm³/mol. The van der Waals surface area contributed by atoms with E-state index in [-0.39, 0.29) is 12.5 Å². The number of rotatable bonds is 7. The second-order valence-corrected chi connectivity index (χ2v) is 7.54. The summed E-state index contributed by atoms with van der Waals surface area (Å²) < 4.78 is 5.42. The molecule has 1 fully saturated rings. The summed E-state index contributed by atoms with van der Waals surface area (Å²) in [6, 6.07) is 19.6. The maximum Gasteiger partial charge on any atom is 0.252 e. The highest BCUT2D eigenvalue weighted by Gasteiger charge is 2.11. The monoisotopic (exact) mass is 427 g/mol. The van der Waals surface area contributed by atoms with Crippen molar-refractivity contribution < 1.29 is 9.53 Å². The molecule has 32 heavy (non-hydrogen) atoms. The van der Waals surface area contributed by atoms with Crippen molar-refractivity contribution in [1.82, 2.24) is 15.3 Å². The van der Waals surface area contributed by atoms with Gasteiger partial charge in [-0.2, -0.15) is 5.26 Å². The van der Waals surface area contributed by atoms with Crippen molar-refractivity contribution in [1.29, 1.82) is 5.26 Å². The van der Waals surface area contributed by atoms with Gasteiger partial charge in [-0.05, 0) is 42.3 Å². The molecule has 1 aliphatic heterocycles. The van der Waals surface area contributed by atoms with Crippen LogP contribution < -0.4 is 10.2 Å². The van der Waals surface area contributed by atoms with E-state index in [0.717, 1.165) is 56.2 Å². The van der Waals surface area contributed by atoms with Gasteiger partial charge in [-0.25, -0.2) is 9.97 Å². The summed E-state index contributed by atoms with van der Waals surface area (Å²) in [5.41, 5.74) is 4.74. The number of aryl methyl sites for hydroxylation is 2. The van der Waals surface area contributed by atoms with E-state index in [9.17, 15) is 4.79 Å². The van der Waals surface area contributed by atoms with Gasteiger partial charge in [-0.1, -0.05) is 24.3 Å². The van der Waals surface area contributed by atoms with Gasteiger partial charge >= 0.3 is 0 Å². The Hall–Kier alpha value is -3.76. The molecule has 2 heterocycles. The molecule has 3 aromatic rings. The van der Waals surface area contributed by atoms with E-state index in [4.69, 9.17) is 15.0 Å². The molecule has 0 atom stereocenters. The van der Waals surface area contributed by atoms with Crippen molar-refractivity contribution in [3.05, 3.63) is 77.7 Å². The Morgan fingerprint density at radius 2 is 1.78 bits per heavy atom. The number of nitriles is 1. The number of nitrogens with one attached hydrogen (secondary N) is 1. The Kier molecular flexibility index (Phi) is 7.05. The van der Waals surface area contributed by atoms with Gasteiger partial charge in [-0.3, -0.25) is 4.79 Å². The van der Waals surface area contributed by atoms with E-state index in [0.29, 0.717) is 5.56 Å². The molecule has 1 saturated heterocycles. The van der Waals surface area contributed by atoms with E-state index >= 15 is 0 Å². The standard InChI is InChI=1S/C25H25N5O2/c26-12-14-28-25(31)21-6-4-20(5-7-21)23-11-13-27-24(29-23)10-3-19-1-8-22(9-2-19)30-15-17-32-18-16-30/h1-2,4-9,11,13H,3,10,14-18H2,(H,28,31). The zero-order valence-corrected chi connectivity index (χ0v) is 17.8. The smallest absolute Gasteiger partial charge is 0.252 e. The lowest BCUT2D eigenvalue weighted by Crippen LogP contribution is -2.36. The summed E-state index contributed by atoms with van der Waals surface area (Å²) in [5.74, 6) is 0.525. The summed E-state index contributed by atoms with van der Waals surface area (Å²) >= 11 is 0. The van der Waals surface area contributed by atoms with Gasteiger partial charge in [0.2, 0.25) is 0 Å². The molecule has 2 aromatic carbocycles. The number of anilines is 1. The minimum atomic E-state index is -0.263. The highest BCUT2D eigenvalue weighted by atomic mass is 16.5. The summed E-state index contributed by atoms with van der Waals surface area (Å²) in [4.78, 5) is 23.4. The molecule has 1 aliphatic rings. The Morgan fingerprint density at radius 1 is 1.03 bits per heavy atom. The quantitative estimate of drug-likeness (QED) is 0.583. The lowest BCUT2D eigenvalue weighted by molar-refractivity contribution is 0.0958. The fourth-order valence-corrected chi connectivity index (χ4v) is 3.65. The van der Waals surface area contributed by atoms with Crippen LogP contribution in [0.3, 0.4) is 0 Å².